The highest BCUT2D eigenvalue weighted by molar-refractivity contribution is 5.97. The average Bonchev–Trinajstić information content (AvgIpc) is 3.23. The van der Waals surface area contributed by atoms with E-state index in [1.165, 1.54) is 12.1 Å². The van der Waals surface area contributed by atoms with Crippen LogP contribution in [0, 0.1) is 5.82 Å². The van der Waals surface area contributed by atoms with E-state index in [0.717, 1.165) is 17.9 Å². The van der Waals surface area contributed by atoms with Crippen molar-refractivity contribution in [1.29, 1.82) is 0 Å². The third-order valence-electron chi connectivity index (χ3n) is 5.96. The lowest BCUT2D eigenvalue weighted by molar-refractivity contribution is 0.206. The zero-order chi connectivity index (χ0) is 19.9. The SMILES string of the molecule is COc1ccccc1[C@H]1CNC[C@@]12CN(C(C)C)C(=O)N2c1cccc(F)c1. The van der Waals surface area contributed by atoms with E-state index >= 15 is 0 Å². The van der Waals surface area contributed by atoms with Gasteiger partial charge in [-0.15, -0.1) is 0 Å². The molecule has 0 bridgehead atoms. The van der Waals surface area contributed by atoms with Crippen LogP contribution in [-0.4, -0.2) is 49.3 Å². The first-order valence-corrected chi connectivity index (χ1v) is 9.68. The smallest absolute Gasteiger partial charge is 0.325 e. The molecule has 28 heavy (non-hydrogen) atoms. The Morgan fingerprint density at radius 1 is 1.21 bits per heavy atom. The minimum Gasteiger partial charge on any atom is -0.496 e. The molecule has 2 atom stereocenters. The topological polar surface area (TPSA) is 44.8 Å². The van der Waals surface area contributed by atoms with E-state index in [1.54, 1.807) is 18.1 Å². The molecular weight excluding hydrogens is 357 g/mol. The highest BCUT2D eigenvalue weighted by Gasteiger charge is 2.58. The minimum atomic E-state index is -0.510. The van der Waals surface area contributed by atoms with Gasteiger partial charge < -0.3 is 15.0 Å². The van der Waals surface area contributed by atoms with Crippen LogP contribution in [0.4, 0.5) is 14.9 Å². The van der Waals surface area contributed by atoms with E-state index < -0.39 is 5.54 Å². The number of ether oxygens (including phenoxy) is 1. The summed E-state index contributed by atoms with van der Waals surface area (Å²) in [7, 11) is 1.67. The number of carbonyl (C=O) groups excluding carboxylic acids is 1. The highest BCUT2D eigenvalue weighted by atomic mass is 19.1. The second kappa shape index (κ2) is 7.09. The normalized spacial score (nSPS) is 24.6. The maximum Gasteiger partial charge on any atom is 0.325 e. The molecule has 148 valence electrons. The summed E-state index contributed by atoms with van der Waals surface area (Å²) >= 11 is 0. The molecule has 0 aliphatic carbocycles. The Hall–Kier alpha value is -2.60. The number of amides is 2. The Bertz CT molecular complexity index is 888. The zero-order valence-electron chi connectivity index (χ0n) is 16.5. The molecule has 1 N–H and O–H groups in total. The van der Waals surface area contributed by atoms with Crippen LogP contribution in [0.15, 0.2) is 48.5 Å². The molecule has 4 rings (SSSR count). The van der Waals surface area contributed by atoms with Gasteiger partial charge >= 0.3 is 6.03 Å². The lowest BCUT2D eigenvalue weighted by Gasteiger charge is -2.38. The Morgan fingerprint density at radius 3 is 2.71 bits per heavy atom. The van der Waals surface area contributed by atoms with Crippen molar-refractivity contribution in [2.45, 2.75) is 31.3 Å². The van der Waals surface area contributed by atoms with Crippen molar-refractivity contribution in [1.82, 2.24) is 10.2 Å². The van der Waals surface area contributed by atoms with Crippen molar-refractivity contribution < 1.29 is 13.9 Å². The molecule has 2 heterocycles. The second-order valence-electron chi connectivity index (χ2n) is 7.85. The number of anilines is 1. The van der Waals surface area contributed by atoms with Gasteiger partial charge in [-0.3, -0.25) is 4.90 Å². The molecule has 0 aromatic heterocycles. The number of benzene rings is 2. The van der Waals surface area contributed by atoms with Gasteiger partial charge in [-0.05, 0) is 38.1 Å². The molecule has 0 saturated carbocycles. The summed E-state index contributed by atoms with van der Waals surface area (Å²) in [6.07, 6.45) is 0. The van der Waals surface area contributed by atoms with Gasteiger partial charge in [-0.1, -0.05) is 24.3 Å². The Labute approximate surface area is 165 Å². The summed E-state index contributed by atoms with van der Waals surface area (Å²) in [5.41, 5.74) is 1.15. The third kappa shape index (κ3) is 2.83. The predicted octanol–water partition coefficient (Wildman–Crippen LogP) is 3.61. The summed E-state index contributed by atoms with van der Waals surface area (Å²) in [5.74, 6) is 0.494. The van der Waals surface area contributed by atoms with Crippen molar-refractivity contribution in [3.63, 3.8) is 0 Å². The van der Waals surface area contributed by atoms with Crippen LogP contribution in [0.25, 0.3) is 0 Å². The van der Waals surface area contributed by atoms with Gasteiger partial charge in [0.25, 0.3) is 0 Å². The monoisotopic (exact) mass is 383 g/mol. The lowest BCUT2D eigenvalue weighted by atomic mass is 9.80. The molecule has 0 unspecified atom stereocenters. The molecule has 2 aliphatic heterocycles. The average molecular weight is 383 g/mol. The number of carbonyl (C=O) groups is 1. The van der Waals surface area contributed by atoms with Gasteiger partial charge in [0.1, 0.15) is 11.6 Å². The molecule has 2 aromatic carbocycles. The van der Waals surface area contributed by atoms with Crippen molar-refractivity contribution in [2.24, 2.45) is 0 Å². The van der Waals surface area contributed by atoms with Gasteiger partial charge in [0.05, 0.1) is 12.6 Å². The lowest BCUT2D eigenvalue weighted by Crippen LogP contribution is -2.52. The molecule has 2 aromatic rings. The maximum absolute atomic E-state index is 14.0. The van der Waals surface area contributed by atoms with Crippen LogP contribution in [0.3, 0.4) is 0 Å². The van der Waals surface area contributed by atoms with E-state index in [4.69, 9.17) is 4.74 Å². The number of hydrogen-bond acceptors (Lipinski definition) is 3. The van der Waals surface area contributed by atoms with E-state index in [9.17, 15) is 9.18 Å². The third-order valence-corrected chi connectivity index (χ3v) is 5.96. The standard InChI is InChI=1S/C22H26FN3O2/c1-15(2)25-14-22(26(21(25)27)17-8-6-7-16(23)11-17)13-24-12-19(22)18-9-4-5-10-20(18)28-3/h4-11,15,19,24H,12-14H2,1-3H3/t19-,22-/m1/s1. The molecule has 0 radical (unpaired) electrons. The molecule has 2 saturated heterocycles. The zero-order valence-corrected chi connectivity index (χ0v) is 16.5. The van der Waals surface area contributed by atoms with Crippen molar-refractivity contribution in [2.75, 3.05) is 31.6 Å². The van der Waals surface area contributed by atoms with Gasteiger partial charge in [0, 0.05) is 42.8 Å². The number of urea groups is 1. The van der Waals surface area contributed by atoms with Crippen molar-refractivity contribution in [3.05, 3.63) is 59.9 Å². The number of nitrogens with one attached hydrogen (secondary N) is 1. The number of nitrogens with zero attached hydrogens (tertiary/aromatic N) is 2. The summed E-state index contributed by atoms with van der Waals surface area (Å²) in [6.45, 7) is 5.98. The van der Waals surface area contributed by atoms with Gasteiger partial charge in [0.2, 0.25) is 0 Å². The van der Waals surface area contributed by atoms with Crippen LogP contribution in [-0.2, 0) is 0 Å². The van der Waals surface area contributed by atoms with Crippen LogP contribution in [0.1, 0.15) is 25.3 Å². The van der Waals surface area contributed by atoms with Crippen LogP contribution < -0.4 is 15.0 Å². The Balaban J connectivity index is 1.86. The molecule has 2 fully saturated rings. The summed E-state index contributed by atoms with van der Waals surface area (Å²) in [4.78, 5) is 17.1. The molecule has 6 heteroatoms. The first-order chi connectivity index (χ1) is 13.5. The number of para-hydroxylation sites is 1. The summed E-state index contributed by atoms with van der Waals surface area (Å²) in [5, 5.41) is 3.48. The van der Waals surface area contributed by atoms with E-state index in [2.05, 4.69) is 11.4 Å². The number of halogens is 1. The minimum absolute atomic E-state index is 0.0274. The van der Waals surface area contributed by atoms with Crippen LogP contribution >= 0.6 is 0 Å². The molecule has 2 aliphatic rings. The van der Waals surface area contributed by atoms with Gasteiger partial charge in [0.15, 0.2) is 0 Å². The maximum atomic E-state index is 14.0. The van der Waals surface area contributed by atoms with Crippen molar-refractivity contribution >= 4 is 11.7 Å². The number of rotatable bonds is 4. The van der Waals surface area contributed by atoms with Crippen LogP contribution in [0.5, 0.6) is 5.75 Å². The largest absolute Gasteiger partial charge is 0.496 e. The molecule has 2 amide bonds. The number of methoxy groups -OCH3 is 1. The van der Waals surface area contributed by atoms with Gasteiger partial charge in [-0.25, -0.2) is 9.18 Å². The fourth-order valence-corrected chi connectivity index (χ4v) is 4.64. The second-order valence-corrected chi connectivity index (χ2v) is 7.85. The van der Waals surface area contributed by atoms with Gasteiger partial charge in [-0.2, -0.15) is 0 Å². The predicted molar refractivity (Wildman–Crippen MR) is 107 cm³/mol. The van der Waals surface area contributed by atoms with Crippen molar-refractivity contribution in [3.8, 4) is 5.75 Å². The Kier molecular flexibility index (Phi) is 4.75. The Morgan fingerprint density at radius 2 is 2.00 bits per heavy atom. The van der Waals surface area contributed by atoms with E-state index in [0.29, 0.717) is 18.8 Å². The first kappa shape index (κ1) is 18.7. The molecular formula is C22H26FN3O2. The van der Waals surface area contributed by atoms with E-state index in [-0.39, 0.29) is 23.8 Å². The van der Waals surface area contributed by atoms with E-state index in [1.807, 2.05) is 43.0 Å². The van der Waals surface area contributed by atoms with Crippen LogP contribution in [0.2, 0.25) is 0 Å². The first-order valence-electron chi connectivity index (χ1n) is 9.68. The fraction of sp³-hybridized carbons (Fsp3) is 0.409. The highest BCUT2D eigenvalue weighted by Crippen LogP contribution is 2.46. The molecule has 1 spiro atoms. The summed E-state index contributed by atoms with van der Waals surface area (Å²) in [6, 6.07) is 14.2. The molecule has 5 nitrogen and oxygen atoms in total. The summed E-state index contributed by atoms with van der Waals surface area (Å²) < 4.78 is 19.6. The fourth-order valence-electron chi connectivity index (χ4n) is 4.64. The number of hydrogen-bond donors (Lipinski definition) is 1. The quantitative estimate of drug-likeness (QED) is 0.877.